The third-order valence-electron chi connectivity index (χ3n) is 1.91. The SMILES string of the molecule is OOc1ccc(Oc2ccccc2)cc1. The van der Waals surface area contributed by atoms with Crippen molar-refractivity contribution in [1.82, 2.24) is 0 Å². The van der Waals surface area contributed by atoms with E-state index in [9.17, 15) is 0 Å². The summed E-state index contributed by atoms with van der Waals surface area (Å²) in [5.41, 5.74) is 0. The van der Waals surface area contributed by atoms with Crippen LogP contribution >= 0.6 is 0 Å². The van der Waals surface area contributed by atoms with Crippen molar-refractivity contribution in [1.29, 1.82) is 0 Å². The highest BCUT2D eigenvalue weighted by atomic mass is 17.1. The van der Waals surface area contributed by atoms with E-state index in [0.29, 0.717) is 11.5 Å². The van der Waals surface area contributed by atoms with Crippen LogP contribution in [0.3, 0.4) is 0 Å². The summed E-state index contributed by atoms with van der Waals surface area (Å²) in [7, 11) is 0. The number of hydrogen-bond acceptors (Lipinski definition) is 3. The first-order valence-electron chi connectivity index (χ1n) is 4.53. The van der Waals surface area contributed by atoms with E-state index >= 15 is 0 Å². The molecule has 0 aliphatic rings. The van der Waals surface area contributed by atoms with Crippen LogP contribution < -0.4 is 9.62 Å². The van der Waals surface area contributed by atoms with Gasteiger partial charge >= 0.3 is 0 Å². The van der Waals surface area contributed by atoms with Crippen LogP contribution in [0.15, 0.2) is 54.6 Å². The Bertz CT molecular complexity index is 409. The maximum Gasteiger partial charge on any atom is 0.165 e. The molecule has 1 N–H and O–H groups in total. The zero-order chi connectivity index (χ0) is 10.5. The molecule has 2 rings (SSSR count). The summed E-state index contributed by atoms with van der Waals surface area (Å²) in [6, 6.07) is 16.2. The van der Waals surface area contributed by atoms with Crippen LogP contribution in [0.2, 0.25) is 0 Å². The summed E-state index contributed by atoms with van der Waals surface area (Å²) < 4.78 is 5.54. The minimum Gasteiger partial charge on any atom is -0.457 e. The van der Waals surface area contributed by atoms with Gasteiger partial charge in [0.25, 0.3) is 0 Å². The highest BCUT2D eigenvalue weighted by molar-refractivity contribution is 5.34. The van der Waals surface area contributed by atoms with Crippen LogP contribution in [-0.4, -0.2) is 5.26 Å². The molecular formula is C12H10O3. The number of para-hydroxylation sites is 1. The molecular weight excluding hydrogens is 192 g/mol. The Hall–Kier alpha value is -2.00. The molecule has 0 saturated carbocycles. The van der Waals surface area contributed by atoms with E-state index in [1.165, 1.54) is 0 Å². The quantitative estimate of drug-likeness (QED) is 0.612. The van der Waals surface area contributed by atoms with Gasteiger partial charge in [-0.3, -0.25) is 0 Å². The van der Waals surface area contributed by atoms with E-state index in [0.717, 1.165) is 5.75 Å². The maximum atomic E-state index is 8.38. The fourth-order valence-corrected chi connectivity index (χ4v) is 1.19. The molecule has 0 saturated heterocycles. The van der Waals surface area contributed by atoms with Crippen LogP contribution in [-0.2, 0) is 0 Å². The largest absolute Gasteiger partial charge is 0.457 e. The van der Waals surface area contributed by atoms with Gasteiger partial charge in [-0.05, 0) is 36.4 Å². The average Bonchev–Trinajstić information content (AvgIpc) is 2.31. The zero-order valence-corrected chi connectivity index (χ0v) is 7.96. The summed E-state index contributed by atoms with van der Waals surface area (Å²) in [6.45, 7) is 0. The molecule has 2 aromatic carbocycles. The summed E-state index contributed by atoms with van der Waals surface area (Å²) in [4.78, 5) is 4.06. The van der Waals surface area contributed by atoms with Gasteiger partial charge in [0.05, 0.1) is 0 Å². The normalized spacial score (nSPS) is 9.67. The number of benzene rings is 2. The van der Waals surface area contributed by atoms with Crippen LogP contribution in [0.5, 0.6) is 17.2 Å². The number of rotatable bonds is 3. The molecule has 15 heavy (non-hydrogen) atoms. The molecule has 3 nitrogen and oxygen atoms in total. The Kier molecular flexibility index (Phi) is 2.85. The molecule has 2 aromatic rings. The van der Waals surface area contributed by atoms with Crippen molar-refractivity contribution in [3.8, 4) is 17.2 Å². The Morgan fingerprint density at radius 1 is 0.667 bits per heavy atom. The Balaban J connectivity index is 2.11. The molecule has 0 atom stereocenters. The summed E-state index contributed by atoms with van der Waals surface area (Å²) in [5, 5.41) is 8.38. The first-order chi connectivity index (χ1) is 7.38. The molecule has 76 valence electrons. The molecule has 3 heteroatoms. The molecule has 0 bridgehead atoms. The van der Waals surface area contributed by atoms with Gasteiger partial charge in [0, 0.05) is 0 Å². The van der Waals surface area contributed by atoms with Crippen molar-refractivity contribution < 1.29 is 14.9 Å². The molecule has 0 aliphatic carbocycles. The van der Waals surface area contributed by atoms with Crippen LogP contribution in [0.25, 0.3) is 0 Å². The zero-order valence-electron chi connectivity index (χ0n) is 7.96. The predicted molar refractivity (Wildman–Crippen MR) is 56.2 cm³/mol. The molecule has 0 aliphatic heterocycles. The van der Waals surface area contributed by atoms with Crippen LogP contribution in [0, 0.1) is 0 Å². The van der Waals surface area contributed by atoms with E-state index in [2.05, 4.69) is 4.89 Å². The van der Waals surface area contributed by atoms with Crippen molar-refractivity contribution in [2.45, 2.75) is 0 Å². The highest BCUT2D eigenvalue weighted by Crippen LogP contribution is 2.22. The second-order valence-electron chi connectivity index (χ2n) is 2.98. The molecule has 0 amide bonds. The van der Waals surface area contributed by atoms with Crippen molar-refractivity contribution in [3.05, 3.63) is 54.6 Å². The lowest BCUT2D eigenvalue weighted by molar-refractivity contribution is -0.137. The second-order valence-corrected chi connectivity index (χ2v) is 2.98. The van der Waals surface area contributed by atoms with E-state index < -0.39 is 0 Å². The minimum atomic E-state index is 0.385. The van der Waals surface area contributed by atoms with Crippen molar-refractivity contribution in [3.63, 3.8) is 0 Å². The second kappa shape index (κ2) is 4.48. The average molecular weight is 202 g/mol. The molecule has 0 spiro atoms. The van der Waals surface area contributed by atoms with Crippen molar-refractivity contribution in [2.24, 2.45) is 0 Å². The Labute approximate surface area is 87.4 Å². The van der Waals surface area contributed by atoms with Gasteiger partial charge in [0.1, 0.15) is 11.5 Å². The van der Waals surface area contributed by atoms with Crippen molar-refractivity contribution in [2.75, 3.05) is 0 Å². The summed E-state index contributed by atoms with van der Waals surface area (Å²) >= 11 is 0. The Morgan fingerprint density at radius 3 is 1.80 bits per heavy atom. The number of ether oxygens (including phenoxy) is 1. The van der Waals surface area contributed by atoms with E-state index in [4.69, 9.17) is 9.99 Å². The standard InChI is InChI=1S/C12H10O3/c13-15-12-8-6-11(7-9-12)14-10-4-2-1-3-5-10/h1-9,13H. The maximum absolute atomic E-state index is 8.38. The van der Waals surface area contributed by atoms with E-state index in [1.54, 1.807) is 24.3 Å². The minimum absolute atomic E-state index is 0.385. The lowest BCUT2D eigenvalue weighted by atomic mass is 10.3. The molecule has 0 fully saturated rings. The molecule has 0 heterocycles. The van der Waals surface area contributed by atoms with Gasteiger partial charge in [0.15, 0.2) is 5.75 Å². The van der Waals surface area contributed by atoms with E-state index in [1.807, 2.05) is 30.3 Å². The first kappa shape index (κ1) is 9.55. The van der Waals surface area contributed by atoms with Gasteiger partial charge in [-0.15, -0.1) is 0 Å². The first-order valence-corrected chi connectivity index (χ1v) is 4.53. The highest BCUT2D eigenvalue weighted by Gasteiger charge is 1.97. The summed E-state index contributed by atoms with van der Waals surface area (Å²) in [5.74, 6) is 1.85. The topological polar surface area (TPSA) is 38.7 Å². The smallest absolute Gasteiger partial charge is 0.165 e. The summed E-state index contributed by atoms with van der Waals surface area (Å²) in [6.07, 6.45) is 0. The fraction of sp³-hybridized carbons (Fsp3) is 0. The lowest BCUT2D eigenvalue weighted by Crippen LogP contribution is -1.85. The third-order valence-corrected chi connectivity index (χ3v) is 1.91. The molecule has 0 radical (unpaired) electrons. The monoisotopic (exact) mass is 202 g/mol. The van der Waals surface area contributed by atoms with E-state index in [-0.39, 0.29) is 0 Å². The molecule has 0 aromatic heterocycles. The van der Waals surface area contributed by atoms with Crippen LogP contribution in [0.1, 0.15) is 0 Å². The van der Waals surface area contributed by atoms with Gasteiger partial charge in [-0.1, -0.05) is 18.2 Å². The predicted octanol–water partition coefficient (Wildman–Crippen LogP) is 3.33. The lowest BCUT2D eigenvalue weighted by Gasteiger charge is -2.05. The van der Waals surface area contributed by atoms with Crippen molar-refractivity contribution >= 4 is 0 Å². The van der Waals surface area contributed by atoms with Gasteiger partial charge in [-0.2, -0.15) is 0 Å². The van der Waals surface area contributed by atoms with Gasteiger partial charge < -0.3 is 9.62 Å². The number of hydrogen-bond donors (Lipinski definition) is 1. The fourth-order valence-electron chi connectivity index (χ4n) is 1.19. The van der Waals surface area contributed by atoms with Gasteiger partial charge in [0.2, 0.25) is 0 Å². The van der Waals surface area contributed by atoms with Crippen LogP contribution in [0.4, 0.5) is 0 Å². The van der Waals surface area contributed by atoms with Gasteiger partial charge in [-0.25, -0.2) is 5.26 Å². The molecule has 0 unspecified atom stereocenters. The third kappa shape index (κ3) is 2.48. The Morgan fingerprint density at radius 2 is 1.20 bits per heavy atom.